The van der Waals surface area contributed by atoms with E-state index in [1.54, 1.807) is 30.5 Å². The Morgan fingerprint density at radius 3 is 2.67 bits per heavy atom. The summed E-state index contributed by atoms with van der Waals surface area (Å²) in [5.41, 5.74) is 7.62. The van der Waals surface area contributed by atoms with Crippen LogP contribution in [0.4, 0.5) is 5.82 Å². The van der Waals surface area contributed by atoms with E-state index in [-0.39, 0.29) is 12.0 Å². The molecule has 0 radical (unpaired) electrons. The second-order valence-electron chi connectivity index (χ2n) is 9.74. The van der Waals surface area contributed by atoms with Gasteiger partial charge in [-0.2, -0.15) is 15.1 Å². The van der Waals surface area contributed by atoms with Gasteiger partial charge in [0.05, 0.1) is 37.7 Å². The summed E-state index contributed by atoms with van der Waals surface area (Å²) in [4.78, 5) is 26.2. The SMILES string of the molecule is NC(=O)C(c1ccc(Cl)cc1)c1cnn(-c2nc(N[C@@H]3CCOC3)c3ncn([C@@H]4O[C@H](CO)[C@@H](O)[C@@H]4O)c3n2)c1. The van der Waals surface area contributed by atoms with Gasteiger partial charge in [0.15, 0.2) is 23.2 Å². The van der Waals surface area contributed by atoms with E-state index < -0.39 is 43.0 Å². The van der Waals surface area contributed by atoms with Crippen LogP contribution < -0.4 is 11.1 Å². The monoisotopic (exact) mass is 570 g/mol. The lowest BCUT2D eigenvalue weighted by molar-refractivity contribution is -0.118. The van der Waals surface area contributed by atoms with Crippen molar-refractivity contribution in [3.8, 4) is 5.95 Å². The predicted molar refractivity (Wildman–Crippen MR) is 141 cm³/mol. The number of aliphatic hydroxyl groups excluding tert-OH is 3. The number of aromatic nitrogens is 6. The number of imidazole rings is 1. The van der Waals surface area contributed by atoms with Gasteiger partial charge in [0, 0.05) is 23.4 Å². The summed E-state index contributed by atoms with van der Waals surface area (Å²) in [6.45, 7) is 0.627. The molecule has 210 valence electrons. The maximum atomic E-state index is 12.4. The fraction of sp³-hybridized carbons (Fsp3) is 0.400. The van der Waals surface area contributed by atoms with Crippen LogP contribution in [0.1, 0.15) is 29.7 Å². The van der Waals surface area contributed by atoms with Crippen molar-refractivity contribution in [1.29, 1.82) is 0 Å². The zero-order valence-electron chi connectivity index (χ0n) is 21.0. The van der Waals surface area contributed by atoms with Crippen molar-refractivity contribution in [2.75, 3.05) is 25.1 Å². The van der Waals surface area contributed by atoms with Crippen LogP contribution in [0, 0.1) is 0 Å². The number of ether oxygens (including phenoxy) is 2. The molecule has 5 heterocycles. The summed E-state index contributed by atoms with van der Waals surface area (Å²) in [6, 6.07) is 6.80. The third kappa shape index (κ3) is 4.78. The Labute approximate surface area is 232 Å². The van der Waals surface area contributed by atoms with Crippen LogP contribution in [-0.2, 0) is 14.3 Å². The first-order chi connectivity index (χ1) is 19.3. The number of nitrogens with one attached hydrogen (secondary N) is 1. The van der Waals surface area contributed by atoms with Crippen LogP contribution in [0.25, 0.3) is 17.1 Å². The minimum atomic E-state index is -1.33. The Morgan fingerprint density at radius 1 is 1.20 bits per heavy atom. The Bertz CT molecular complexity index is 1520. The summed E-state index contributed by atoms with van der Waals surface area (Å²) in [7, 11) is 0. The van der Waals surface area contributed by atoms with E-state index in [1.165, 1.54) is 21.8 Å². The molecule has 1 aromatic carbocycles. The lowest BCUT2D eigenvalue weighted by atomic mass is 9.93. The van der Waals surface area contributed by atoms with Crippen LogP contribution >= 0.6 is 11.6 Å². The highest BCUT2D eigenvalue weighted by molar-refractivity contribution is 6.30. The molecule has 0 saturated carbocycles. The van der Waals surface area contributed by atoms with Gasteiger partial charge in [0.2, 0.25) is 5.91 Å². The van der Waals surface area contributed by atoms with E-state index in [0.29, 0.717) is 46.3 Å². The van der Waals surface area contributed by atoms with Gasteiger partial charge in [0.25, 0.3) is 5.95 Å². The molecule has 0 bridgehead atoms. The molecule has 1 unspecified atom stereocenters. The number of benzene rings is 1. The second-order valence-corrected chi connectivity index (χ2v) is 10.2. The number of anilines is 1. The van der Waals surface area contributed by atoms with Crippen LogP contribution in [0.2, 0.25) is 5.02 Å². The molecule has 40 heavy (non-hydrogen) atoms. The number of nitrogens with zero attached hydrogens (tertiary/aromatic N) is 6. The average Bonchev–Trinajstić information content (AvgIpc) is 3.74. The molecule has 2 aliphatic heterocycles. The first-order valence-corrected chi connectivity index (χ1v) is 13.0. The van der Waals surface area contributed by atoms with Gasteiger partial charge in [-0.3, -0.25) is 9.36 Å². The van der Waals surface area contributed by atoms with Gasteiger partial charge in [-0.25, -0.2) is 9.67 Å². The van der Waals surface area contributed by atoms with Crippen molar-refractivity contribution in [3.05, 3.63) is 59.1 Å². The molecule has 2 fully saturated rings. The quantitative estimate of drug-likeness (QED) is 0.192. The van der Waals surface area contributed by atoms with Crippen molar-refractivity contribution in [2.24, 2.45) is 5.73 Å². The first kappa shape index (κ1) is 26.6. The standard InChI is InChI=1S/C25H27ClN8O6/c26-14-3-1-12(2-4-14)17(21(27)38)13-7-29-34(8-13)25-31-22(30-15-5-6-39-10-15)18-23(32-25)33(11-28-18)24-20(37)19(36)16(9-35)40-24/h1-4,7-8,11,15-17,19-20,24,35-37H,5-6,9-10H2,(H2,27,38)(H,30,31,32)/t15-,16-,17?,19-,20+,24-/m1/s1. The van der Waals surface area contributed by atoms with Gasteiger partial charge in [-0.15, -0.1) is 0 Å². The topological polar surface area (TPSA) is 196 Å². The molecule has 14 nitrogen and oxygen atoms in total. The molecule has 6 rings (SSSR count). The maximum Gasteiger partial charge on any atom is 0.254 e. The van der Waals surface area contributed by atoms with E-state index in [1.807, 2.05) is 0 Å². The number of hydrogen-bond donors (Lipinski definition) is 5. The van der Waals surface area contributed by atoms with E-state index in [0.717, 1.165) is 6.42 Å². The van der Waals surface area contributed by atoms with Gasteiger partial charge in [0.1, 0.15) is 18.3 Å². The predicted octanol–water partition coefficient (Wildman–Crippen LogP) is 0.0949. The summed E-state index contributed by atoms with van der Waals surface area (Å²) >= 11 is 6.01. The fourth-order valence-electron chi connectivity index (χ4n) is 5.02. The highest BCUT2D eigenvalue weighted by Gasteiger charge is 2.44. The van der Waals surface area contributed by atoms with Crippen LogP contribution in [0.3, 0.4) is 0 Å². The highest BCUT2D eigenvalue weighted by Crippen LogP contribution is 2.33. The number of carbonyl (C=O) groups is 1. The van der Waals surface area contributed by atoms with Crippen LogP contribution in [0.15, 0.2) is 43.0 Å². The summed E-state index contributed by atoms with van der Waals surface area (Å²) < 4.78 is 14.1. The molecule has 1 amide bonds. The highest BCUT2D eigenvalue weighted by atomic mass is 35.5. The van der Waals surface area contributed by atoms with Crippen molar-refractivity contribution < 1.29 is 29.6 Å². The average molecular weight is 571 g/mol. The lowest BCUT2D eigenvalue weighted by Gasteiger charge is -2.17. The van der Waals surface area contributed by atoms with Gasteiger partial charge >= 0.3 is 0 Å². The lowest BCUT2D eigenvalue weighted by Crippen LogP contribution is -2.33. The zero-order valence-corrected chi connectivity index (χ0v) is 21.8. The molecule has 0 spiro atoms. The number of halogens is 1. The zero-order chi connectivity index (χ0) is 28.0. The van der Waals surface area contributed by atoms with Crippen molar-refractivity contribution in [3.63, 3.8) is 0 Å². The van der Waals surface area contributed by atoms with E-state index >= 15 is 0 Å². The first-order valence-electron chi connectivity index (χ1n) is 12.6. The van der Waals surface area contributed by atoms with Crippen molar-refractivity contribution in [2.45, 2.75) is 42.9 Å². The van der Waals surface area contributed by atoms with E-state index in [4.69, 9.17) is 26.8 Å². The Hall–Kier alpha value is -3.66. The van der Waals surface area contributed by atoms with Crippen molar-refractivity contribution >= 4 is 34.5 Å². The summed E-state index contributed by atoms with van der Waals surface area (Å²) in [5, 5.41) is 38.7. The number of primary amides is 1. The number of hydrogen-bond acceptors (Lipinski definition) is 11. The van der Waals surface area contributed by atoms with Crippen LogP contribution in [-0.4, -0.2) is 94.7 Å². The normalized spacial score (nSPS) is 25.4. The molecule has 2 aliphatic rings. The molecular formula is C25H27ClN8O6. The number of amides is 1. The summed E-state index contributed by atoms with van der Waals surface area (Å²) in [5.74, 6) is -0.799. The Kier molecular flexibility index (Phi) is 7.12. The maximum absolute atomic E-state index is 12.4. The summed E-state index contributed by atoms with van der Waals surface area (Å²) in [6.07, 6.45) is 0.662. The fourth-order valence-corrected chi connectivity index (χ4v) is 5.14. The molecule has 0 aliphatic carbocycles. The molecule has 6 N–H and O–H groups in total. The molecule has 6 atom stereocenters. The largest absolute Gasteiger partial charge is 0.394 e. The van der Waals surface area contributed by atoms with Crippen molar-refractivity contribution in [1.82, 2.24) is 29.3 Å². The number of aliphatic hydroxyl groups is 3. The van der Waals surface area contributed by atoms with Gasteiger partial charge in [-0.05, 0) is 24.1 Å². The minimum Gasteiger partial charge on any atom is -0.394 e. The van der Waals surface area contributed by atoms with E-state index in [2.05, 4.69) is 25.4 Å². The van der Waals surface area contributed by atoms with E-state index in [9.17, 15) is 20.1 Å². The number of carbonyl (C=O) groups excluding carboxylic acids is 1. The number of fused-ring (bicyclic) bond motifs is 1. The Balaban J connectivity index is 1.42. The molecular weight excluding hydrogens is 544 g/mol. The molecule has 15 heteroatoms. The molecule has 2 saturated heterocycles. The second kappa shape index (κ2) is 10.7. The number of nitrogens with two attached hydrogens (primary N) is 1. The van der Waals surface area contributed by atoms with Gasteiger partial charge in [-0.1, -0.05) is 23.7 Å². The molecule has 3 aromatic heterocycles. The van der Waals surface area contributed by atoms with Gasteiger partial charge < -0.3 is 35.8 Å². The molecule has 4 aromatic rings. The van der Waals surface area contributed by atoms with Crippen LogP contribution in [0.5, 0.6) is 0 Å². The third-order valence-corrected chi connectivity index (χ3v) is 7.35. The third-order valence-electron chi connectivity index (χ3n) is 7.10. The minimum absolute atomic E-state index is 0.0117. The number of rotatable bonds is 8. The smallest absolute Gasteiger partial charge is 0.254 e. The Morgan fingerprint density at radius 2 is 2.00 bits per heavy atom.